The monoisotopic (exact) mass is 377 g/mol. The molecule has 7 heteroatoms. The second kappa shape index (κ2) is 7.85. The van der Waals surface area contributed by atoms with Gasteiger partial charge in [-0.25, -0.2) is 0 Å². The summed E-state index contributed by atoms with van der Waals surface area (Å²) in [4.78, 5) is 32.7. The number of carbonyl (C=O) groups excluding carboxylic acids is 2. The molecule has 2 heterocycles. The molecule has 0 atom stereocenters. The van der Waals surface area contributed by atoms with Crippen LogP contribution in [0.15, 0.2) is 42.7 Å². The molecular weight excluding hydrogens is 361 g/mol. The molecular formula is C18H17Cl2N3O2. The molecule has 0 radical (unpaired) electrons. The van der Waals surface area contributed by atoms with Gasteiger partial charge in [-0.2, -0.15) is 0 Å². The third kappa shape index (κ3) is 4.11. The Kier molecular flexibility index (Phi) is 5.56. The standard InChI is InChI=1S/C18H17Cl2N3O2/c19-15-3-2-14(12-16(15)20)18(25)23-9-1-8-22(10-11-23)17(24)13-4-6-21-7-5-13/h2-7,12H,1,8-11H2. The van der Waals surface area contributed by atoms with Crippen LogP contribution in [-0.4, -0.2) is 52.8 Å². The van der Waals surface area contributed by atoms with E-state index in [2.05, 4.69) is 4.98 Å². The molecule has 1 fully saturated rings. The molecule has 1 aromatic carbocycles. The lowest BCUT2D eigenvalue weighted by Gasteiger charge is -2.22. The molecule has 0 aliphatic carbocycles. The Bertz CT molecular complexity index is 783. The third-order valence-corrected chi connectivity index (χ3v) is 4.90. The second-order valence-electron chi connectivity index (χ2n) is 5.80. The van der Waals surface area contributed by atoms with Gasteiger partial charge in [0.2, 0.25) is 0 Å². The number of benzene rings is 1. The smallest absolute Gasteiger partial charge is 0.254 e. The predicted octanol–water partition coefficient (Wildman–Crippen LogP) is 3.38. The maximum Gasteiger partial charge on any atom is 0.254 e. The quantitative estimate of drug-likeness (QED) is 0.805. The van der Waals surface area contributed by atoms with Crippen LogP contribution in [0.5, 0.6) is 0 Å². The van der Waals surface area contributed by atoms with E-state index in [9.17, 15) is 9.59 Å². The van der Waals surface area contributed by atoms with Crippen LogP contribution in [0.4, 0.5) is 0 Å². The minimum Gasteiger partial charge on any atom is -0.337 e. The highest BCUT2D eigenvalue weighted by Gasteiger charge is 2.23. The molecule has 2 aromatic rings. The average Bonchev–Trinajstić information content (AvgIpc) is 2.89. The lowest BCUT2D eigenvalue weighted by Crippen LogP contribution is -2.37. The van der Waals surface area contributed by atoms with Crippen molar-refractivity contribution < 1.29 is 9.59 Å². The van der Waals surface area contributed by atoms with E-state index in [0.29, 0.717) is 47.4 Å². The van der Waals surface area contributed by atoms with Crippen LogP contribution in [0.2, 0.25) is 10.0 Å². The Labute approximate surface area is 156 Å². The molecule has 2 amide bonds. The molecule has 0 N–H and O–H groups in total. The van der Waals surface area contributed by atoms with Crippen LogP contribution in [-0.2, 0) is 0 Å². The molecule has 5 nitrogen and oxygen atoms in total. The lowest BCUT2D eigenvalue weighted by atomic mass is 10.2. The zero-order valence-corrected chi connectivity index (χ0v) is 15.0. The van der Waals surface area contributed by atoms with Gasteiger partial charge in [0.1, 0.15) is 0 Å². The van der Waals surface area contributed by atoms with Crippen molar-refractivity contribution in [3.05, 3.63) is 63.9 Å². The van der Waals surface area contributed by atoms with Gasteiger partial charge in [0.25, 0.3) is 11.8 Å². The molecule has 130 valence electrons. The van der Waals surface area contributed by atoms with Gasteiger partial charge >= 0.3 is 0 Å². The molecule has 1 saturated heterocycles. The van der Waals surface area contributed by atoms with Crippen LogP contribution >= 0.6 is 23.2 Å². The molecule has 0 bridgehead atoms. The number of rotatable bonds is 2. The number of hydrogen-bond acceptors (Lipinski definition) is 3. The number of nitrogens with zero attached hydrogens (tertiary/aromatic N) is 3. The molecule has 0 spiro atoms. The first-order valence-electron chi connectivity index (χ1n) is 8.00. The van der Waals surface area contributed by atoms with Gasteiger partial charge in [-0.3, -0.25) is 14.6 Å². The molecule has 3 rings (SSSR count). The number of amides is 2. The fraction of sp³-hybridized carbons (Fsp3) is 0.278. The van der Waals surface area contributed by atoms with Crippen LogP contribution in [0.3, 0.4) is 0 Å². The summed E-state index contributed by atoms with van der Waals surface area (Å²) < 4.78 is 0. The summed E-state index contributed by atoms with van der Waals surface area (Å²) in [7, 11) is 0. The van der Waals surface area contributed by atoms with E-state index < -0.39 is 0 Å². The van der Waals surface area contributed by atoms with Crippen molar-refractivity contribution >= 4 is 35.0 Å². The lowest BCUT2D eigenvalue weighted by molar-refractivity contribution is 0.0718. The minimum atomic E-state index is -0.100. The van der Waals surface area contributed by atoms with Crippen molar-refractivity contribution in [2.75, 3.05) is 26.2 Å². The van der Waals surface area contributed by atoms with Crippen molar-refractivity contribution in [2.24, 2.45) is 0 Å². The van der Waals surface area contributed by atoms with E-state index in [1.165, 1.54) is 0 Å². The maximum absolute atomic E-state index is 12.7. The first-order chi connectivity index (χ1) is 12.1. The van der Waals surface area contributed by atoms with Gasteiger partial charge in [-0.1, -0.05) is 23.2 Å². The van der Waals surface area contributed by atoms with Crippen molar-refractivity contribution in [3.63, 3.8) is 0 Å². The van der Waals surface area contributed by atoms with Crippen LogP contribution in [0.25, 0.3) is 0 Å². The second-order valence-corrected chi connectivity index (χ2v) is 6.62. The van der Waals surface area contributed by atoms with Crippen LogP contribution in [0, 0.1) is 0 Å². The Morgan fingerprint density at radius 2 is 1.40 bits per heavy atom. The molecule has 25 heavy (non-hydrogen) atoms. The van der Waals surface area contributed by atoms with Gasteiger partial charge in [-0.15, -0.1) is 0 Å². The van der Waals surface area contributed by atoms with E-state index in [0.717, 1.165) is 6.42 Å². The van der Waals surface area contributed by atoms with E-state index >= 15 is 0 Å². The van der Waals surface area contributed by atoms with Crippen LogP contribution < -0.4 is 0 Å². The highest BCUT2D eigenvalue weighted by Crippen LogP contribution is 2.23. The third-order valence-electron chi connectivity index (χ3n) is 4.16. The molecule has 1 aliphatic rings. The Balaban J connectivity index is 1.68. The number of halogens is 2. The largest absolute Gasteiger partial charge is 0.337 e. The summed E-state index contributed by atoms with van der Waals surface area (Å²) in [6.45, 7) is 2.19. The number of hydrogen-bond donors (Lipinski definition) is 0. The zero-order chi connectivity index (χ0) is 17.8. The SMILES string of the molecule is O=C(c1ccncc1)N1CCCN(C(=O)c2ccc(Cl)c(Cl)c2)CC1. The number of carbonyl (C=O) groups is 2. The summed E-state index contributed by atoms with van der Waals surface area (Å²) >= 11 is 11.9. The van der Waals surface area contributed by atoms with Gasteiger partial charge in [0, 0.05) is 49.7 Å². The maximum atomic E-state index is 12.7. The summed E-state index contributed by atoms with van der Waals surface area (Å²) in [6, 6.07) is 8.27. The van der Waals surface area contributed by atoms with Crippen molar-refractivity contribution in [1.29, 1.82) is 0 Å². The molecule has 1 aromatic heterocycles. The predicted molar refractivity (Wildman–Crippen MR) is 97.1 cm³/mol. The zero-order valence-electron chi connectivity index (χ0n) is 13.5. The van der Waals surface area contributed by atoms with E-state index in [-0.39, 0.29) is 11.8 Å². The summed E-state index contributed by atoms with van der Waals surface area (Å²) in [5, 5.41) is 0.778. The van der Waals surface area contributed by atoms with Gasteiger partial charge in [0.05, 0.1) is 10.0 Å². The minimum absolute atomic E-state index is 0.0359. The summed E-state index contributed by atoms with van der Waals surface area (Å²) in [5.41, 5.74) is 1.11. The molecule has 0 unspecified atom stereocenters. The van der Waals surface area contributed by atoms with Gasteiger partial charge in [0.15, 0.2) is 0 Å². The highest BCUT2D eigenvalue weighted by atomic mass is 35.5. The topological polar surface area (TPSA) is 53.5 Å². The van der Waals surface area contributed by atoms with Gasteiger partial charge in [-0.05, 0) is 36.8 Å². The van der Waals surface area contributed by atoms with E-state index in [4.69, 9.17) is 23.2 Å². The first-order valence-corrected chi connectivity index (χ1v) is 8.75. The fourth-order valence-corrected chi connectivity index (χ4v) is 3.11. The van der Waals surface area contributed by atoms with Crippen molar-refractivity contribution in [1.82, 2.24) is 14.8 Å². The molecule has 1 aliphatic heterocycles. The van der Waals surface area contributed by atoms with Crippen molar-refractivity contribution in [2.45, 2.75) is 6.42 Å². The molecule has 0 saturated carbocycles. The number of pyridine rings is 1. The normalized spacial score (nSPS) is 15.0. The van der Waals surface area contributed by atoms with Gasteiger partial charge < -0.3 is 9.80 Å². The van der Waals surface area contributed by atoms with Crippen molar-refractivity contribution in [3.8, 4) is 0 Å². The van der Waals surface area contributed by atoms with E-state index in [1.54, 1.807) is 52.5 Å². The first kappa shape index (κ1) is 17.7. The summed E-state index contributed by atoms with van der Waals surface area (Å²) in [5.74, 6) is -0.136. The Hall–Kier alpha value is -2.11. The Morgan fingerprint density at radius 3 is 2.00 bits per heavy atom. The van der Waals surface area contributed by atoms with E-state index in [1.807, 2.05) is 0 Å². The fourth-order valence-electron chi connectivity index (χ4n) is 2.81. The summed E-state index contributed by atoms with van der Waals surface area (Å²) in [6.07, 6.45) is 3.93. The Morgan fingerprint density at radius 1 is 0.800 bits per heavy atom. The number of aromatic nitrogens is 1. The highest BCUT2D eigenvalue weighted by molar-refractivity contribution is 6.42. The van der Waals surface area contributed by atoms with Crippen LogP contribution in [0.1, 0.15) is 27.1 Å². The average molecular weight is 378 g/mol.